The second-order valence-corrected chi connectivity index (χ2v) is 5.83. The van der Waals surface area contributed by atoms with Crippen LogP contribution in [0.15, 0.2) is 24.3 Å². The molecule has 1 fully saturated rings. The third kappa shape index (κ3) is 2.72. The second-order valence-electron chi connectivity index (χ2n) is 5.83. The van der Waals surface area contributed by atoms with Crippen LogP contribution in [0.4, 0.5) is 5.69 Å². The molecule has 0 saturated carbocycles. The van der Waals surface area contributed by atoms with Crippen LogP contribution in [0.3, 0.4) is 0 Å². The summed E-state index contributed by atoms with van der Waals surface area (Å²) in [6, 6.07) is 8.56. The minimum absolute atomic E-state index is 0.240. The molecule has 4 heteroatoms. The van der Waals surface area contributed by atoms with E-state index in [1.807, 2.05) is 11.0 Å². The van der Waals surface area contributed by atoms with Crippen molar-refractivity contribution in [3.05, 3.63) is 29.8 Å². The third-order valence-corrected chi connectivity index (χ3v) is 4.27. The van der Waals surface area contributed by atoms with Crippen molar-refractivity contribution < 1.29 is 4.79 Å². The van der Waals surface area contributed by atoms with Crippen LogP contribution in [0.1, 0.15) is 18.9 Å². The number of carbonyl (C=O) groups excluding carboxylic acids is 1. The Morgan fingerprint density at radius 1 is 1.30 bits per heavy atom. The van der Waals surface area contributed by atoms with Crippen molar-refractivity contribution in [1.29, 1.82) is 0 Å². The van der Waals surface area contributed by atoms with E-state index in [1.165, 1.54) is 5.56 Å². The monoisotopic (exact) mass is 273 g/mol. The minimum atomic E-state index is 0.240. The zero-order valence-corrected chi connectivity index (χ0v) is 12.1. The molecule has 0 bridgehead atoms. The number of hydrogen-bond donors (Lipinski definition) is 1. The lowest BCUT2D eigenvalue weighted by Crippen LogP contribution is -2.44. The maximum absolute atomic E-state index is 12.7. The maximum atomic E-state index is 12.7. The Kier molecular flexibility index (Phi) is 4.03. The average Bonchev–Trinajstić information content (AvgIpc) is 2.60. The molecule has 0 aromatic heterocycles. The summed E-state index contributed by atoms with van der Waals surface area (Å²) in [5.41, 5.74) is 2.41. The molecule has 1 aromatic carbocycles. The van der Waals surface area contributed by atoms with Gasteiger partial charge in [-0.2, -0.15) is 0 Å². The molecule has 1 amide bonds. The Morgan fingerprint density at radius 2 is 2.15 bits per heavy atom. The number of para-hydroxylation sites is 1. The lowest BCUT2D eigenvalue weighted by atomic mass is 10.1. The molecule has 2 aliphatic rings. The molecular formula is C16H23N3O. The molecule has 2 aliphatic heterocycles. The molecule has 1 unspecified atom stereocenters. The summed E-state index contributed by atoms with van der Waals surface area (Å²) in [4.78, 5) is 16.9. The summed E-state index contributed by atoms with van der Waals surface area (Å²) < 4.78 is 0. The van der Waals surface area contributed by atoms with E-state index in [0.29, 0.717) is 6.54 Å². The van der Waals surface area contributed by atoms with Crippen LogP contribution < -0.4 is 10.2 Å². The van der Waals surface area contributed by atoms with Crippen LogP contribution in [0, 0.1) is 0 Å². The Bertz CT molecular complexity index is 480. The van der Waals surface area contributed by atoms with Crippen molar-refractivity contribution in [3.63, 3.8) is 0 Å². The second kappa shape index (κ2) is 5.94. The molecule has 108 valence electrons. The van der Waals surface area contributed by atoms with Crippen LogP contribution >= 0.6 is 0 Å². The van der Waals surface area contributed by atoms with E-state index in [0.717, 1.165) is 44.7 Å². The van der Waals surface area contributed by atoms with Gasteiger partial charge in [0.1, 0.15) is 0 Å². The highest BCUT2D eigenvalue weighted by Gasteiger charge is 2.31. The molecule has 1 atom stereocenters. The quantitative estimate of drug-likeness (QED) is 0.881. The van der Waals surface area contributed by atoms with Crippen molar-refractivity contribution in [2.45, 2.75) is 25.8 Å². The Labute approximate surface area is 120 Å². The van der Waals surface area contributed by atoms with Gasteiger partial charge in [-0.1, -0.05) is 18.2 Å². The van der Waals surface area contributed by atoms with Gasteiger partial charge in [-0.15, -0.1) is 0 Å². The number of nitrogens with one attached hydrogen (secondary N) is 1. The molecule has 0 aliphatic carbocycles. The first kappa shape index (κ1) is 13.6. The van der Waals surface area contributed by atoms with Crippen LogP contribution in [0.25, 0.3) is 0 Å². The first-order valence-electron chi connectivity index (χ1n) is 7.59. The van der Waals surface area contributed by atoms with E-state index < -0.39 is 0 Å². The predicted molar refractivity (Wildman–Crippen MR) is 81.0 cm³/mol. The zero-order chi connectivity index (χ0) is 13.9. The number of nitrogens with zero attached hydrogens (tertiary/aromatic N) is 2. The van der Waals surface area contributed by atoms with Gasteiger partial charge in [0.15, 0.2) is 0 Å². The summed E-state index contributed by atoms with van der Waals surface area (Å²) in [6.45, 7) is 6.72. The fraction of sp³-hybridized carbons (Fsp3) is 0.562. The van der Waals surface area contributed by atoms with Crippen LogP contribution in [0.2, 0.25) is 0 Å². The fourth-order valence-electron chi connectivity index (χ4n) is 3.27. The Morgan fingerprint density at radius 3 is 3.05 bits per heavy atom. The molecule has 1 aromatic rings. The molecular weight excluding hydrogens is 250 g/mol. The topological polar surface area (TPSA) is 35.6 Å². The first-order chi connectivity index (χ1) is 9.75. The number of amides is 1. The van der Waals surface area contributed by atoms with Crippen molar-refractivity contribution in [2.24, 2.45) is 0 Å². The fourth-order valence-corrected chi connectivity index (χ4v) is 3.27. The summed E-state index contributed by atoms with van der Waals surface area (Å²) in [6.07, 6.45) is 2.10. The highest BCUT2D eigenvalue weighted by molar-refractivity contribution is 5.97. The molecule has 1 N–H and O–H groups in total. The van der Waals surface area contributed by atoms with Crippen LogP contribution in [0.5, 0.6) is 0 Å². The van der Waals surface area contributed by atoms with Gasteiger partial charge in [-0.25, -0.2) is 0 Å². The van der Waals surface area contributed by atoms with Gasteiger partial charge in [0, 0.05) is 24.8 Å². The summed E-state index contributed by atoms with van der Waals surface area (Å²) >= 11 is 0. The van der Waals surface area contributed by atoms with E-state index in [4.69, 9.17) is 0 Å². The van der Waals surface area contributed by atoms with Crippen molar-refractivity contribution in [2.75, 3.05) is 37.6 Å². The Balaban J connectivity index is 1.70. The SMILES string of the molecule is CC1Cc2ccccc2N1C(=O)CN1CCCNCC1. The average molecular weight is 273 g/mol. The lowest BCUT2D eigenvalue weighted by molar-refractivity contribution is -0.120. The Hall–Kier alpha value is -1.39. The smallest absolute Gasteiger partial charge is 0.241 e. The maximum Gasteiger partial charge on any atom is 0.241 e. The van der Waals surface area contributed by atoms with Gasteiger partial charge in [-0.05, 0) is 44.5 Å². The van der Waals surface area contributed by atoms with E-state index >= 15 is 0 Å². The number of benzene rings is 1. The highest BCUT2D eigenvalue weighted by Crippen LogP contribution is 2.31. The molecule has 2 heterocycles. The predicted octanol–water partition coefficient (Wildman–Crippen LogP) is 1.26. The van der Waals surface area contributed by atoms with Crippen molar-refractivity contribution in [3.8, 4) is 0 Å². The van der Waals surface area contributed by atoms with Gasteiger partial charge >= 0.3 is 0 Å². The normalized spacial score (nSPS) is 23.4. The first-order valence-corrected chi connectivity index (χ1v) is 7.59. The van der Waals surface area contributed by atoms with Gasteiger partial charge in [0.2, 0.25) is 5.91 Å². The molecule has 3 rings (SSSR count). The number of fused-ring (bicyclic) bond motifs is 1. The van der Waals surface area contributed by atoms with Crippen molar-refractivity contribution >= 4 is 11.6 Å². The molecule has 4 nitrogen and oxygen atoms in total. The van der Waals surface area contributed by atoms with E-state index in [9.17, 15) is 4.79 Å². The van der Waals surface area contributed by atoms with E-state index in [2.05, 4.69) is 35.3 Å². The van der Waals surface area contributed by atoms with E-state index in [1.54, 1.807) is 0 Å². The summed E-state index contributed by atoms with van der Waals surface area (Å²) in [5, 5.41) is 3.38. The van der Waals surface area contributed by atoms with Gasteiger partial charge in [0.05, 0.1) is 6.54 Å². The molecule has 1 saturated heterocycles. The molecule has 20 heavy (non-hydrogen) atoms. The zero-order valence-electron chi connectivity index (χ0n) is 12.1. The minimum Gasteiger partial charge on any atom is -0.315 e. The van der Waals surface area contributed by atoms with Crippen LogP contribution in [-0.4, -0.2) is 49.6 Å². The van der Waals surface area contributed by atoms with E-state index in [-0.39, 0.29) is 11.9 Å². The lowest BCUT2D eigenvalue weighted by Gasteiger charge is -2.26. The molecule has 0 spiro atoms. The third-order valence-electron chi connectivity index (χ3n) is 4.27. The summed E-state index contributed by atoms with van der Waals surface area (Å²) in [5.74, 6) is 0.240. The number of hydrogen-bond acceptors (Lipinski definition) is 3. The largest absolute Gasteiger partial charge is 0.315 e. The number of rotatable bonds is 2. The van der Waals surface area contributed by atoms with Gasteiger partial charge in [-0.3, -0.25) is 9.69 Å². The van der Waals surface area contributed by atoms with Gasteiger partial charge < -0.3 is 10.2 Å². The summed E-state index contributed by atoms with van der Waals surface area (Å²) in [7, 11) is 0. The van der Waals surface area contributed by atoms with Gasteiger partial charge in [0.25, 0.3) is 0 Å². The molecule has 0 radical (unpaired) electrons. The number of carbonyl (C=O) groups is 1. The van der Waals surface area contributed by atoms with Crippen molar-refractivity contribution in [1.82, 2.24) is 10.2 Å². The number of anilines is 1. The standard InChI is InChI=1S/C16H23N3O/c1-13-11-14-5-2-3-6-15(14)19(13)16(20)12-18-9-4-7-17-8-10-18/h2-3,5-6,13,17H,4,7-12H2,1H3. The highest BCUT2D eigenvalue weighted by atomic mass is 16.2. The van der Waals surface area contributed by atoms with Crippen LogP contribution in [-0.2, 0) is 11.2 Å².